The Bertz CT molecular complexity index is 578. The van der Waals surface area contributed by atoms with Crippen molar-refractivity contribution in [2.45, 2.75) is 58.8 Å². The second-order valence-electron chi connectivity index (χ2n) is 7.36. The topological polar surface area (TPSA) is 50.6 Å². The molecule has 6 nitrogen and oxygen atoms in total. The number of ether oxygens (including phenoxy) is 1. The van der Waals surface area contributed by atoms with E-state index in [-0.39, 0.29) is 17.9 Å². The molecule has 134 valence electrons. The zero-order chi connectivity index (χ0) is 17.3. The Morgan fingerprint density at radius 2 is 2.08 bits per heavy atom. The standard InChI is InChI=1S/C18H30N4O2/c1-13(2)20(4)12-16-11-19-17-14(3)21(7-8-22(16)17)18(23)15-5-9-24-10-6-15/h11,13-15H,5-10,12H2,1-4H3/t14-/m1/s1. The molecule has 0 bridgehead atoms. The average molecular weight is 334 g/mol. The van der Waals surface area contributed by atoms with Crippen LogP contribution < -0.4 is 0 Å². The van der Waals surface area contributed by atoms with Crippen LogP contribution >= 0.6 is 0 Å². The molecule has 2 aliphatic heterocycles. The summed E-state index contributed by atoms with van der Waals surface area (Å²) in [7, 11) is 2.14. The van der Waals surface area contributed by atoms with E-state index in [2.05, 4.69) is 42.3 Å². The van der Waals surface area contributed by atoms with Gasteiger partial charge in [0.05, 0.1) is 11.7 Å². The number of nitrogens with zero attached hydrogens (tertiary/aromatic N) is 4. The van der Waals surface area contributed by atoms with Gasteiger partial charge >= 0.3 is 0 Å². The smallest absolute Gasteiger partial charge is 0.226 e. The second-order valence-corrected chi connectivity index (χ2v) is 7.36. The Hall–Kier alpha value is -1.40. The molecule has 1 aromatic rings. The van der Waals surface area contributed by atoms with Crippen LogP contribution in [-0.4, -0.2) is 58.1 Å². The first-order chi connectivity index (χ1) is 11.5. The highest BCUT2D eigenvalue weighted by molar-refractivity contribution is 5.79. The van der Waals surface area contributed by atoms with Crippen molar-refractivity contribution < 1.29 is 9.53 Å². The summed E-state index contributed by atoms with van der Waals surface area (Å²) in [6, 6.07) is 0.552. The van der Waals surface area contributed by atoms with E-state index in [1.165, 1.54) is 5.69 Å². The van der Waals surface area contributed by atoms with Gasteiger partial charge in [-0.15, -0.1) is 0 Å². The number of hydrogen-bond acceptors (Lipinski definition) is 4. The Labute approximate surface area is 144 Å². The van der Waals surface area contributed by atoms with Gasteiger partial charge in [0.15, 0.2) is 0 Å². The molecule has 1 saturated heterocycles. The Balaban J connectivity index is 1.72. The summed E-state index contributed by atoms with van der Waals surface area (Å²) < 4.78 is 7.69. The summed E-state index contributed by atoms with van der Waals surface area (Å²) in [6.07, 6.45) is 3.68. The van der Waals surface area contributed by atoms with Crippen molar-refractivity contribution in [3.05, 3.63) is 17.7 Å². The van der Waals surface area contributed by atoms with E-state index in [9.17, 15) is 4.79 Å². The van der Waals surface area contributed by atoms with E-state index in [4.69, 9.17) is 4.74 Å². The lowest BCUT2D eigenvalue weighted by atomic mass is 9.97. The minimum atomic E-state index is 0.0483. The molecule has 3 heterocycles. The summed E-state index contributed by atoms with van der Waals surface area (Å²) in [5, 5.41) is 0. The fourth-order valence-corrected chi connectivity index (χ4v) is 3.60. The molecule has 0 N–H and O–H groups in total. The van der Waals surface area contributed by atoms with E-state index in [0.717, 1.165) is 38.3 Å². The number of imidazole rings is 1. The van der Waals surface area contributed by atoms with Crippen molar-refractivity contribution in [3.8, 4) is 0 Å². The van der Waals surface area contributed by atoms with Gasteiger partial charge in [0.25, 0.3) is 0 Å². The van der Waals surface area contributed by atoms with E-state index >= 15 is 0 Å². The van der Waals surface area contributed by atoms with Crippen LogP contribution in [0, 0.1) is 5.92 Å². The van der Waals surface area contributed by atoms with Crippen LogP contribution in [0.5, 0.6) is 0 Å². The molecule has 3 rings (SSSR count). The lowest BCUT2D eigenvalue weighted by Crippen LogP contribution is -2.45. The molecule has 2 aliphatic rings. The number of fused-ring (bicyclic) bond motifs is 1. The van der Waals surface area contributed by atoms with Crippen LogP contribution in [0.25, 0.3) is 0 Å². The summed E-state index contributed by atoms with van der Waals surface area (Å²) in [5.41, 5.74) is 1.24. The van der Waals surface area contributed by atoms with Crippen LogP contribution in [0.3, 0.4) is 0 Å². The quantitative estimate of drug-likeness (QED) is 0.846. The van der Waals surface area contributed by atoms with Crippen molar-refractivity contribution in [2.24, 2.45) is 5.92 Å². The Morgan fingerprint density at radius 1 is 1.38 bits per heavy atom. The molecule has 1 fully saturated rings. The van der Waals surface area contributed by atoms with Crippen molar-refractivity contribution in [1.29, 1.82) is 0 Å². The maximum atomic E-state index is 12.9. The lowest BCUT2D eigenvalue weighted by molar-refractivity contribution is -0.142. The Morgan fingerprint density at radius 3 is 2.75 bits per heavy atom. The third kappa shape index (κ3) is 3.35. The summed E-state index contributed by atoms with van der Waals surface area (Å²) in [6.45, 7) is 10.4. The highest BCUT2D eigenvalue weighted by Gasteiger charge is 2.34. The largest absolute Gasteiger partial charge is 0.381 e. The molecule has 24 heavy (non-hydrogen) atoms. The molecular weight excluding hydrogens is 304 g/mol. The molecule has 0 saturated carbocycles. The molecule has 0 aromatic carbocycles. The second kappa shape index (κ2) is 7.23. The van der Waals surface area contributed by atoms with Gasteiger partial charge in [-0.1, -0.05) is 0 Å². The van der Waals surface area contributed by atoms with Gasteiger partial charge in [-0.3, -0.25) is 9.69 Å². The molecular formula is C18H30N4O2. The highest BCUT2D eigenvalue weighted by Crippen LogP contribution is 2.29. The van der Waals surface area contributed by atoms with Gasteiger partial charge < -0.3 is 14.2 Å². The van der Waals surface area contributed by atoms with Crippen molar-refractivity contribution in [3.63, 3.8) is 0 Å². The van der Waals surface area contributed by atoms with Crippen LogP contribution in [0.1, 0.15) is 51.2 Å². The van der Waals surface area contributed by atoms with Gasteiger partial charge in [-0.2, -0.15) is 0 Å². The van der Waals surface area contributed by atoms with Gasteiger partial charge in [-0.05, 0) is 40.7 Å². The number of rotatable bonds is 4. The third-order valence-electron chi connectivity index (χ3n) is 5.52. The number of aromatic nitrogens is 2. The van der Waals surface area contributed by atoms with Gasteiger partial charge in [-0.25, -0.2) is 4.98 Å². The average Bonchev–Trinajstić information content (AvgIpc) is 2.99. The van der Waals surface area contributed by atoms with Gasteiger partial charge in [0.1, 0.15) is 5.82 Å². The third-order valence-corrected chi connectivity index (χ3v) is 5.52. The van der Waals surface area contributed by atoms with Gasteiger partial charge in [0, 0.05) is 51.0 Å². The fraction of sp³-hybridized carbons (Fsp3) is 0.778. The van der Waals surface area contributed by atoms with E-state index < -0.39 is 0 Å². The molecule has 1 amide bonds. The van der Waals surface area contributed by atoms with E-state index in [1.54, 1.807) is 0 Å². The van der Waals surface area contributed by atoms with Crippen molar-refractivity contribution in [2.75, 3.05) is 26.8 Å². The van der Waals surface area contributed by atoms with Crippen LogP contribution in [0.2, 0.25) is 0 Å². The lowest BCUT2D eigenvalue weighted by Gasteiger charge is -2.37. The first-order valence-corrected chi connectivity index (χ1v) is 9.11. The molecule has 6 heteroatoms. The molecule has 0 radical (unpaired) electrons. The van der Waals surface area contributed by atoms with Gasteiger partial charge in [0.2, 0.25) is 5.91 Å². The highest BCUT2D eigenvalue weighted by atomic mass is 16.5. The summed E-state index contributed by atoms with van der Waals surface area (Å²) in [4.78, 5) is 21.9. The predicted molar refractivity (Wildman–Crippen MR) is 92.5 cm³/mol. The monoisotopic (exact) mass is 334 g/mol. The van der Waals surface area contributed by atoms with Crippen LogP contribution in [0.15, 0.2) is 6.20 Å². The first-order valence-electron chi connectivity index (χ1n) is 9.11. The molecule has 1 aromatic heterocycles. The number of amides is 1. The zero-order valence-electron chi connectivity index (χ0n) is 15.4. The maximum Gasteiger partial charge on any atom is 0.226 e. The summed E-state index contributed by atoms with van der Waals surface area (Å²) >= 11 is 0. The predicted octanol–water partition coefficient (Wildman–Crippen LogP) is 2.05. The van der Waals surface area contributed by atoms with Crippen molar-refractivity contribution in [1.82, 2.24) is 19.4 Å². The van der Waals surface area contributed by atoms with Crippen LogP contribution in [0.4, 0.5) is 0 Å². The molecule has 1 atom stereocenters. The number of carbonyl (C=O) groups is 1. The normalized spacial score (nSPS) is 22.2. The SMILES string of the molecule is CC(C)N(C)Cc1cnc2n1CCN(C(=O)C1CCOCC1)[C@@H]2C. The summed E-state index contributed by atoms with van der Waals surface area (Å²) in [5.74, 6) is 1.42. The maximum absolute atomic E-state index is 12.9. The zero-order valence-corrected chi connectivity index (χ0v) is 15.4. The molecule has 0 unspecified atom stereocenters. The van der Waals surface area contributed by atoms with E-state index in [0.29, 0.717) is 19.3 Å². The van der Waals surface area contributed by atoms with Crippen LogP contribution in [-0.2, 0) is 22.6 Å². The molecule has 0 spiro atoms. The fourth-order valence-electron chi connectivity index (χ4n) is 3.60. The molecule has 0 aliphatic carbocycles. The van der Waals surface area contributed by atoms with E-state index in [1.807, 2.05) is 11.1 Å². The number of carbonyl (C=O) groups excluding carboxylic acids is 1. The minimum Gasteiger partial charge on any atom is -0.381 e. The Kier molecular flexibility index (Phi) is 5.25. The minimum absolute atomic E-state index is 0.0483. The van der Waals surface area contributed by atoms with Crippen molar-refractivity contribution >= 4 is 5.91 Å². The number of hydrogen-bond donors (Lipinski definition) is 0. The first kappa shape index (κ1) is 17.4.